The lowest BCUT2D eigenvalue weighted by Crippen LogP contribution is -2.42. The summed E-state index contributed by atoms with van der Waals surface area (Å²) in [5.74, 6) is 0. The summed E-state index contributed by atoms with van der Waals surface area (Å²) in [5.41, 5.74) is 1.07. The molecule has 0 aromatic carbocycles. The van der Waals surface area contributed by atoms with Gasteiger partial charge >= 0.3 is 0 Å². The first-order valence-electron chi connectivity index (χ1n) is 10.1. The van der Waals surface area contributed by atoms with Gasteiger partial charge in [0.15, 0.2) is 6.49 Å². The van der Waals surface area contributed by atoms with Gasteiger partial charge in [-0.15, -0.1) is 0 Å². The lowest BCUT2D eigenvalue weighted by atomic mass is 10.0. The molecule has 1 heterocycles. The van der Waals surface area contributed by atoms with Crippen molar-refractivity contribution in [2.45, 2.75) is 38.8 Å². The van der Waals surface area contributed by atoms with E-state index in [4.69, 9.17) is 25.6 Å². The Labute approximate surface area is 176 Å². The van der Waals surface area contributed by atoms with Crippen LogP contribution < -0.4 is 0 Å². The second kappa shape index (κ2) is 10.5. The molecular formula is C18H37N3O4P2S. The van der Waals surface area contributed by atoms with Crippen molar-refractivity contribution in [3.8, 4) is 0 Å². The van der Waals surface area contributed by atoms with Crippen LogP contribution in [0.25, 0.3) is 0 Å². The summed E-state index contributed by atoms with van der Waals surface area (Å²) >= 11 is 6.03. The lowest BCUT2D eigenvalue weighted by Gasteiger charge is -2.45. The second-order valence-electron chi connectivity index (χ2n) is 7.45. The minimum absolute atomic E-state index is 0.0301. The molecule has 0 N–H and O–H groups in total. The zero-order valence-corrected chi connectivity index (χ0v) is 20.8. The predicted molar refractivity (Wildman–Crippen MR) is 120 cm³/mol. The van der Waals surface area contributed by atoms with Crippen LogP contribution in [0, 0.1) is 0 Å². The van der Waals surface area contributed by atoms with Crippen LogP contribution in [0.1, 0.15) is 33.1 Å². The fourth-order valence-electron chi connectivity index (χ4n) is 4.14. The Balaban J connectivity index is 2.67. The molecule has 0 spiro atoms. The van der Waals surface area contributed by atoms with Crippen molar-refractivity contribution in [2.24, 2.45) is 0 Å². The van der Waals surface area contributed by atoms with Crippen LogP contribution in [0.3, 0.4) is 0 Å². The average Bonchev–Trinajstić information content (AvgIpc) is 2.67. The summed E-state index contributed by atoms with van der Waals surface area (Å²) in [5, 5.41) is 1.01. The van der Waals surface area contributed by atoms with Gasteiger partial charge in [-0.1, -0.05) is 0 Å². The minimum atomic E-state index is -2.88. The molecule has 0 unspecified atom stereocenters. The number of allylic oxidation sites excluding steroid dienone is 2. The molecule has 164 valence electrons. The van der Waals surface area contributed by atoms with Crippen molar-refractivity contribution < 1.29 is 18.3 Å². The number of hydrogen-bond acceptors (Lipinski definition) is 6. The van der Waals surface area contributed by atoms with Crippen LogP contribution in [-0.2, 0) is 30.2 Å². The molecule has 1 atom stereocenters. The molecule has 0 amide bonds. The third kappa shape index (κ3) is 4.92. The highest BCUT2D eigenvalue weighted by atomic mass is 32.5. The van der Waals surface area contributed by atoms with Crippen LogP contribution in [0.4, 0.5) is 0 Å². The molecule has 0 aromatic rings. The number of ether oxygens (including phenoxy) is 1. The molecule has 0 saturated carbocycles. The minimum Gasteiger partial charge on any atom is -0.378 e. The highest BCUT2D eigenvalue weighted by Gasteiger charge is 2.45. The lowest BCUT2D eigenvalue weighted by molar-refractivity contribution is 0.0506. The van der Waals surface area contributed by atoms with Crippen molar-refractivity contribution in [2.75, 3.05) is 67.7 Å². The smallest absolute Gasteiger partial charge is 0.242 e. The predicted octanol–water partition coefficient (Wildman–Crippen LogP) is 3.78. The van der Waals surface area contributed by atoms with Gasteiger partial charge in [-0.25, -0.2) is 9.34 Å². The van der Waals surface area contributed by atoms with E-state index in [9.17, 15) is 4.57 Å². The van der Waals surface area contributed by atoms with Crippen molar-refractivity contribution >= 4 is 25.7 Å². The van der Waals surface area contributed by atoms with Crippen LogP contribution in [0.15, 0.2) is 11.0 Å². The van der Waals surface area contributed by atoms with E-state index in [0.717, 1.165) is 43.4 Å². The summed E-state index contributed by atoms with van der Waals surface area (Å²) in [6.07, 6.45) is 2.66. The first kappa shape index (κ1) is 24.5. The van der Waals surface area contributed by atoms with Gasteiger partial charge in [0.25, 0.3) is 0 Å². The molecule has 1 saturated heterocycles. The third-order valence-corrected chi connectivity index (χ3v) is 12.5. The second-order valence-corrected chi connectivity index (χ2v) is 14.4. The van der Waals surface area contributed by atoms with Gasteiger partial charge in [-0.2, -0.15) is 0 Å². The van der Waals surface area contributed by atoms with Gasteiger partial charge in [0.1, 0.15) is 0 Å². The Bertz CT molecular complexity index is 629. The largest absolute Gasteiger partial charge is 0.378 e. The summed E-state index contributed by atoms with van der Waals surface area (Å²) < 4.78 is 35.8. The maximum atomic E-state index is 14.2. The Kier molecular flexibility index (Phi) is 9.18. The highest BCUT2D eigenvalue weighted by molar-refractivity contribution is 8.10. The van der Waals surface area contributed by atoms with E-state index in [2.05, 4.69) is 4.90 Å². The number of morpholine rings is 1. The number of rotatable bonds is 9. The Hall–Kier alpha value is 0.220. The first-order chi connectivity index (χ1) is 13.2. The van der Waals surface area contributed by atoms with Gasteiger partial charge in [-0.05, 0) is 73.1 Å². The Morgan fingerprint density at radius 3 is 2.11 bits per heavy atom. The van der Waals surface area contributed by atoms with E-state index >= 15 is 0 Å². The SMILES string of the molecule is CCOP(=S)(OCC)[C@@H]1CCCC(P(=O)(N(C)C)N(C)C)=C1N1CCOCC1. The summed E-state index contributed by atoms with van der Waals surface area (Å²) in [7, 11) is 4.71. The number of hydrogen-bond donors (Lipinski definition) is 0. The van der Waals surface area contributed by atoms with Crippen molar-refractivity contribution in [3.05, 3.63) is 11.0 Å². The van der Waals surface area contributed by atoms with Crippen LogP contribution in [0.2, 0.25) is 0 Å². The quantitative estimate of drug-likeness (QED) is 0.489. The normalized spacial score (nSPS) is 22.4. The average molecular weight is 454 g/mol. The van der Waals surface area contributed by atoms with Crippen LogP contribution >= 0.6 is 13.9 Å². The van der Waals surface area contributed by atoms with Gasteiger partial charge in [-0.3, -0.25) is 4.57 Å². The Morgan fingerprint density at radius 1 is 1.11 bits per heavy atom. The standard InChI is InChI=1S/C18H37N3O4P2S/c1-7-24-27(28,25-8-2)17-11-9-10-16(26(22,19(3)4)20(5)6)18(17)21-12-14-23-15-13-21/h17H,7-15H2,1-6H3/t17-/m1/s1. The highest BCUT2D eigenvalue weighted by Crippen LogP contribution is 2.66. The molecule has 0 radical (unpaired) electrons. The molecule has 7 nitrogen and oxygen atoms in total. The molecule has 2 aliphatic rings. The molecule has 1 aliphatic heterocycles. The van der Waals surface area contributed by atoms with Gasteiger partial charge < -0.3 is 18.7 Å². The zero-order valence-electron chi connectivity index (χ0n) is 18.2. The van der Waals surface area contributed by atoms with Crippen LogP contribution in [0.5, 0.6) is 0 Å². The maximum absolute atomic E-state index is 14.2. The van der Waals surface area contributed by atoms with E-state index in [1.165, 1.54) is 0 Å². The van der Waals surface area contributed by atoms with Crippen molar-refractivity contribution in [1.82, 2.24) is 14.2 Å². The summed E-state index contributed by atoms with van der Waals surface area (Å²) in [4.78, 5) is 2.33. The maximum Gasteiger partial charge on any atom is 0.242 e. The molecule has 0 bridgehead atoms. The fourth-order valence-corrected chi connectivity index (χ4v) is 10.5. The molecular weight excluding hydrogens is 416 g/mol. The summed E-state index contributed by atoms with van der Waals surface area (Å²) in [6.45, 7) is 5.34. The monoisotopic (exact) mass is 453 g/mol. The van der Waals surface area contributed by atoms with E-state index in [1.54, 1.807) is 0 Å². The molecule has 2 rings (SSSR count). The molecule has 28 heavy (non-hydrogen) atoms. The molecule has 1 aliphatic carbocycles. The first-order valence-corrected chi connectivity index (χ1v) is 14.4. The van der Waals surface area contributed by atoms with Crippen molar-refractivity contribution in [3.63, 3.8) is 0 Å². The number of nitrogens with zero attached hydrogens (tertiary/aromatic N) is 3. The van der Waals surface area contributed by atoms with Gasteiger partial charge in [0.05, 0.1) is 32.1 Å². The summed E-state index contributed by atoms with van der Waals surface area (Å²) in [6, 6.07) is 0. The molecule has 0 aromatic heterocycles. The van der Waals surface area contributed by atoms with E-state index in [0.29, 0.717) is 26.4 Å². The fraction of sp³-hybridized carbons (Fsp3) is 0.889. The molecule has 10 heteroatoms. The van der Waals surface area contributed by atoms with E-state index < -0.39 is 13.9 Å². The van der Waals surface area contributed by atoms with Gasteiger partial charge in [0, 0.05) is 24.1 Å². The Morgan fingerprint density at radius 2 is 1.64 bits per heavy atom. The van der Waals surface area contributed by atoms with Crippen molar-refractivity contribution in [1.29, 1.82) is 0 Å². The van der Waals surface area contributed by atoms with E-state index in [1.807, 2.05) is 51.4 Å². The zero-order chi connectivity index (χ0) is 20.9. The van der Waals surface area contributed by atoms with Gasteiger partial charge in [0.2, 0.25) is 7.44 Å². The molecule has 1 fully saturated rings. The topological polar surface area (TPSA) is 54.5 Å². The third-order valence-electron chi connectivity index (χ3n) is 5.29. The van der Waals surface area contributed by atoms with E-state index in [-0.39, 0.29) is 5.66 Å². The van der Waals surface area contributed by atoms with Crippen LogP contribution in [-0.4, -0.2) is 87.6 Å².